The molecule has 1 unspecified atom stereocenters. The number of nitrogens with zero attached hydrogens (tertiary/aromatic N) is 1. The fraction of sp³-hybridized carbons (Fsp3) is 0.438. The smallest absolute Gasteiger partial charge is 0.191 e. The van der Waals surface area contributed by atoms with Gasteiger partial charge in [-0.15, -0.1) is 46.7 Å². The van der Waals surface area contributed by atoms with Gasteiger partial charge in [-0.2, -0.15) is 0 Å². The van der Waals surface area contributed by atoms with Crippen LogP contribution in [0.3, 0.4) is 0 Å². The molecular weight excluding hydrogens is 425 g/mol. The lowest BCUT2D eigenvalue weighted by Gasteiger charge is -2.14. The van der Waals surface area contributed by atoms with Crippen LogP contribution in [0.1, 0.15) is 34.4 Å². The number of rotatable bonds is 6. The van der Waals surface area contributed by atoms with E-state index in [1.807, 2.05) is 22.7 Å². The number of hydrogen-bond acceptors (Lipinski definition) is 3. The van der Waals surface area contributed by atoms with Crippen molar-refractivity contribution in [2.75, 3.05) is 13.1 Å². The van der Waals surface area contributed by atoms with Gasteiger partial charge in [-0.25, -0.2) is 4.99 Å². The number of halogens is 1. The molecule has 122 valence electrons. The zero-order valence-corrected chi connectivity index (χ0v) is 17.2. The zero-order chi connectivity index (χ0) is 15.1. The minimum Gasteiger partial charge on any atom is -0.357 e. The highest BCUT2D eigenvalue weighted by atomic mass is 127. The summed E-state index contributed by atoms with van der Waals surface area (Å²) in [5.74, 6) is 1.39. The molecule has 0 aliphatic heterocycles. The van der Waals surface area contributed by atoms with Gasteiger partial charge in [0, 0.05) is 33.6 Å². The highest BCUT2D eigenvalue weighted by molar-refractivity contribution is 14.0. The van der Waals surface area contributed by atoms with Gasteiger partial charge in [0.05, 0.1) is 6.54 Å². The van der Waals surface area contributed by atoms with Gasteiger partial charge in [0.1, 0.15) is 0 Å². The van der Waals surface area contributed by atoms with Crippen LogP contribution in [0.2, 0.25) is 0 Å². The van der Waals surface area contributed by atoms with Crippen LogP contribution in [0.15, 0.2) is 34.6 Å². The monoisotopic (exact) mass is 449 g/mol. The van der Waals surface area contributed by atoms with Gasteiger partial charge >= 0.3 is 0 Å². The number of nitrogens with one attached hydrogen (secondary N) is 2. The molecule has 1 atom stereocenters. The Balaban J connectivity index is 0.00000242. The molecule has 2 heterocycles. The lowest BCUT2D eigenvalue weighted by atomic mass is 10.1. The molecule has 2 aromatic heterocycles. The van der Waals surface area contributed by atoms with Gasteiger partial charge in [-0.05, 0) is 37.4 Å². The Morgan fingerprint density at radius 3 is 2.68 bits per heavy atom. The van der Waals surface area contributed by atoms with Gasteiger partial charge in [-0.1, -0.05) is 13.0 Å². The van der Waals surface area contributed by atoms with E-state index in [9.17, 15) is 0 Å². The lowest BCUT2D eigenvalue weighted by Crippen LogP contribution is -2.38. The Bertz CT molecular complexity index is 564. The molecule has 2 N–H and O–H groups in total. The van der Waals surface area contributed by atoms with Crippen molar-refractivity contribution in [2.45, 2.75) is 33.2 Å². The molecule has 2 rings (SSSR count). The highest BCUT2D eigenvalue weighted by Crippen LogP contribution is 2.19. The number of thiophene rings is 2. The topological polar surface area (TPSA) is 36.4 Å². The Kier molecular flexibility index (Phi) is 9.04. The predicted molar refractivity (Wildman–Crippen MR) is 110 cm³/mol. The normalized spacial score (nSPS) is 12.6. The Morgan fingerprint density at radius 1 is 1.27 bits per heavy atom. The molecule has 0 radical (unpaired) electrons. The van der Waals surface area contributed by atoms with Crippen molar-refractivity contribution >= 4 is 52.6 Å². The van der Waals surface area contributed by atoms with Crippen molar-refractivity contribution in [1.29, 1.82) is 0 Å². The summed E-state index contributed by atoms with van der Waals surface area (Å²) >= 11 is 3.62. The molecule has 0 saturated carbocycles. The van der Waals surface area contributed by atoms with E-state index in [0.29, 0.717) is 5.92 Å². The summed E-state index contributed by atoms with van der Waals surface area (Å²) in [6.07, 6.45) is 0. The number of hydrogen-bond donors (Lipinski definition) is 2. The predicted octanol–water partition coefficient (Wildman–Crippen LogP) is 4.59. The van der Waals surface area contributed by atoms with E-state index in [1.165, 1.54) is 14.6 Å². The van der Waals surface area contributed by atoms with Gasteiger partial charge in [0.2, 0.25) is 0 Å². The molecule has 2 aromatic rings. The van der Waals surface area contributed by atoms with Gasteiger partial charge in [0.25, 0.3) is 0 Å². The molecule has 0 bridgehead atoms. The van der Waals surface area contributed by atoms with E-state index in [-0.39, 0.29) is 24.0 Å². The van der Waals surface area contributed by atoms with E-state index in [1.54, 1.807) is 0 Å². The van der Waals surface area contributed by atoms with Gasteiger partial charge in [0.15, 0.2) is 5.96 Å². The van der Waals surface area contributed by atoms with Crippen molar-refractivity contribution in [1.82, 2.24) is 10.6 Å². The number of aryl methyl sites for hydroxylation is 1. The third-order valence-corrected chi connectivity index (χ3v) is 5.23. The van der Waals surface area contributed by atoms with Gasteiger partial charge < -0.3 is 10.6 Å². The summed E-state index contributed by atoms with van der Waals surface area (Å²) in [7, 11) is 0. The molecule has 3 nitrogen and oxygen atoms in total. The third-order valence-electron chi connectivity index (χ3n) is 3.14. The summed E-state index contributed by atoms with van der Waals surface area (Å²) in [6, 6.07) is 8.60. The van der Waals surface area contributed by atoms with Crippen LogP contribution < -0.4 is 10.6 Å². The molecule has 6 heteroatoms. The summed E-state index contributed by atoms with van der Waals surface area (Å²) < 4.78 is 0. The molecule has 0 saturated heterocycles. The Morgan fingerprint density at radius 2 is 2.09 bits per heavy atom. The second-order valence-corrected chi connectivity index (χ2v) is 7.36. The minimum atomic E-state index is 0. The average Bonchev–Trinajstić information content (AvgIpc) is 3.13. The second kappa shape index (κ2) is 10.2. The maximum absolute atomic E-state index is 4.66. The van der Waals surface area contributed by atoms with E-state index in [4.69, 9.17) is 0 Å². The molecule has 0 spiro atoms. The molecule has 0 aliphatic carbocycles. The fourth-order valence-electron chi connectivity index (χ4n) is 1.99. The van der Waals surface area contributed by atoms with Crippen LogP contribution in [-0.4, -0.2) is 19.0 Å². The molecular formula is C16H24IN3S2. The van der Waals surface area contributed by atoms with Crippen molar-refractivity contribution < 1.29 is 0 Å². The lowest BCUT2D eigenvalue weighted by molar-refractivity contribution is 0.709. The van der Waals surface area contributed by atoms with E-state index < -0.39 is 0 Å². The summed E-state index contributed by atoms with van der Waals surface area (Å²) in [6.45, 7) is 8.98. The van der Waals surface area contributed by atoms with E-state index in [2.05, 4.69) is 66.0 Å². The van der Waals surface area contributed by atoms with Crippen LogP contribution >= 0.6 is 46.7 Å². The SMILES string of the molecule is CCNC(=NCc1ccc(C)s1)NCC(C)c1cccs1.I. The highest BCUT2D eigenvalue weighted by Gasteiger charge is 2.07. The van der Waals surface area contributed by atoms with E-state index >= 15 is 0 Å². The maximum atomic E-state index is 4.66. The first kappa shape index (κ1) is 19.4. The quantitative estimate of drug-likeness (QED) is 0.385. The third kappa shape index (κ3) is 6.26. The fourth-order valence-corrected chi connectivity index (χ4v) is 3.59. The largest absolute Gasteiger partial charge is 0.357 e. The zero-order valence-electron chi connectivity index (χ0n) is 13.3. The Labute approximate surface area is 158 Å². The standard InChI is InChI=1S/C16H23N3S2.HI/c1-4-17-16(19-11-14-8-7-13(3)21-14)18-10-12(2)15-6-5-9-20-15;/h5-9,12H,4,10-11H2,1-3H3,(H2,17,18,19);1H. The van der Waals surface area contributed by atoms with Gasteiger partial charge in [-0.3, -0.25) is 0 Å². The van der Waals surface area contributed by atoms with Crippen LogP contribution in [0.4, 0.5) is 0 Å². The molecule has 0 amide bonds. The molecule has 0 fully saturated rings. The number of aliphatic imine (C=N–C) groups is 1. The van der Waals surface area contributed by atoms with Crippen molar-refractivity contribution in [3.05, 3.63) is 44.3 Å². The Hall–Kier alpha value is -0.600. The molecule has 0 aliphatic rings. The number of guanidine groups is 1. The van der Waals surface area contributed by atoms with Crippen LogP contribution in [0, 0.1) is 6.92 Å². The van der Waals surface area contributed by atoms with Crippen LogP contribution in [0.25, 0.3) is 0 Å². The first-order chi connectivity index (χ1) is 10.2. The summed E-state index contributed by atoms with van der Waals surface area (Å²) in [4.78, 5) is 8.71. The second-order valence-electron chi connectivity index (χ2n) is 5.00. The van der Waals surface area contributed by atoms with Crippen LogP contribution in [0.5, 0.6) is 0 Å². The average molecular weight is 449 g/mol. The van der Waals surface area contributed by atoms with Crippen LogP contribution in [-0.2, 0) is 6.54 Å². The first-order valence-corrected chi connectivity index (χ1v) is 8.99. The maximum Gasteiger partial charge on any atom is 0.191 e. The summed E-state index contributed by atoms with van der Waals surface area (Å²) in [5, 5.41) is 8.87. The van der Waals surface area contributed by atoms with Crippen molar-refractivity contribution in [3.63, 3.8) is 0 Å². The summed E-state index contributed by atoms with van der Waals surface area (Å²) in [5.41, 5.74) is 0. The van der Waals surface area contributed by atoms with Crippen molar-refractivity contribution in [3.8, 4) is 0 Å². The molecule has 0 aromatic carbocycles. The molecule has 22 heavy (non-hydrogen) atoms. The minimum absolute atomic E-state index is 0. The first-order valence-electron chi connectivity index (χ1n) is 7.30. The van der Waals surface area contributed by atoms with Crippen molar-refractivity contribution in [2.24, 2.45) is 4.99 Å². The van der Waals surface area contributed by atoms with E-state index in [0.717, 1.165) is 25.6 Å².